The molecule has 1 atom stereocenters. The molecule has 0 spiro atoms. The molecule has 1 N–H and O–H groups in total. The SMILES string of the molecule is COc1cc(CNC(=O)Cc2ccccc2C)ccc1OC[C@H]1CCCO1. The summed E-state index contributed by atoms with van der Waals surface area (Å²) in [5.41, 5.74) is 3.14. The monoisotopic (exact) mass is 369 g/mol. The summed E-state index contributed by atoms with van der Waals surface area (Å²) in [7, 11) is 1.62. The zero-order chi connectivity index (χ0) is 19.1. The lowest BCUT2D eigenvalue weighted by Gasteiger charge is -2.15. The Morgan fingerprint density at radius 2 is 2.07 bits per heavy atom. The quantitative estimate of drug-likeness (QED) is 0.775. The number of hydrogen-bond acceptors (Lipinski definition) is 4. The van der Waals surface area contributed by atoms with E-state index in [4.69, 9.17) is 14.2 Å². The largest absolute Gasteiger partial charge is 0.493 e. The number of hydrogen-bond donors (Lipinski definition) is 1. The van der Waals surface area contributed by atoms with E-state index in [0.717, 1.165) is 36.1 Å². The maximum Gasteiger partial charge on any atom is 0.224 e. The minimum Gasteiger partial charge on any atom is -0.493 e. The summed E-state index contributed by atoms with van der Waals surface area (Å²) in [6.07, 6.45) is 2.67. The molecular formula is C22H27NO4. The highest BCUT2D eigenvalue weighted by Gasteiger charge is 2.17. The first kappa shape index (κ1) is 19.2. The van der Waals surface area contributed by atoms with Crippen molar-refractivity contribution in [3.8, 4) is 11.5 Å². The van der Waals surface area contributed by atoms with Crippen LogP contribution in [0.25, 0.3) is 0 Å². The summed E-state index contributed by atoms with van der Waals surface area (Å²) in [6.45, 7) is 3.81. The van der Waals surface area contributed by atoms with Crippen molar-refractivity contribution in [3.63, 3.8) is 0 Å². The van der Waals surface area contributed by atoms with Crippen molar-refractivity contribution >= 4 is 5.91 Å². The molecule has 3 rings (SSSR count). The number of nitrogens with one attached hydrogen (secondary N) is 1. The Bertz CT molecular complexity index is 769. The average Bonchev–Trinajstić information content (AvgIpc) is 3.20. The van der Waals surface area contributed by atoms with Gasteiger partial charge in [0, 0.05) is 13.2 Å². The van der Waals surface area contributed by atoms with E-state index in [1.807, 2.05) is 49.4 Å². The van der Waals surface area contributed by atoms with Gasteiger partial charge < -0.3 is 19.5 Å². The van der Waals surface area contributed by atoms with E-state index in [1.54, 1.807) is 7.11 Å². The molecule has 0 radical (unpaired) electrons. The van der Waals surface area contributed by atoms with Crippen molar-refractivity contribution in [3.05, 3.63) is 59.2 Å². The second-order valence-corrected chi connectivity index (χ2v) is 6.81. The van der Waals surface area contributed by atoms with Crippen LogP contribution in [-0.4, -0.2) is 32.3 Å². The standard InChI is InChI=1S/C22H27NO4/c1-16-6-3-4-7-18(16)13-22(24)23-14-17-9-10-20(21(12-17)25-2)27-15-19-8-5-11-26-19/h3-4,6-7,9-10,12,19H,5,8,11,13-15H2,1-2H3,(H,23,24)/t19-/m1/s1. The normalized spacial score (nSPS) is 16.1. The molecule has 1 aliphatic heterocycles. The number of carbonyl (C=O) groups excluding carboxylic acids is 1. The van der Waals surface area contributed by atoms with Crippen molar-refractivity contribution in [2.75, 3.05) is 20.3 Å². The van der Waals surface area contributed by atoms with E-state index in [2.05, 4.69) is 5.32 Å². The van der Waals surface area contributed by atoms with E-state index >= 15 is 0 Å². The van der Waals surface area contributed by atoms with E-state index < -0.39 is 0 Å². The lowest BCUT2D eigenvalue weighted by atomic mass is 10.1. The van der Waals surface area contributed by atoms with Crippen LogP contribution in [0.4, 0.5) is 0 Å². The van der Waals surface area contributed by atoms with E-state index in [1.165, 1.54) is 0 Å². The fourth-order valence-electron chi connectivity index (χ4n) is 3.14. The van der Waals surface area contributed by atoms with Crippen LogP contribution in [0.1, 0.15) is 29.5 Å². The first-order chi connectivity index (χ1) is 13.2. The molecule has 5 nitrogen and oxygen atoms in total. The molecular weight excluding hydrogens is 342 g/mol. The molecule has 1 fully saturated rings. The second-order valence-electron chi connectivity index (χ2n) is 6.81. The van der Waals surface area contributed by atoms with Crippen LogP contribution in [0.2, 0.25) is 0 Å². The lowest BCUT2D eigenvalue weighted by Crippen LogP contribution is -2.24. The Morgan fingerprint density at radius 3 is 2.81 bits per heavy atom. The van der Waals surface area contributed by atoms with Gasteiger partial charge in [-0.2, -0.15) is 0 Å². The van der Waals surface area contributed by atoms with Crippen LogP contribution >= 0.6 is 0 Å². The first-order valence-electron chi connectivity index (χ1n) is 9.38. The van der Waals surface area contributed by atoms with Crippen molar-refractivity contribution in [1.29, 1.82) is 0 Å². The number of methoxy groups -OCH3 is 1. The highest BCUT2D eigenvalue weighted by molar-refractivity contribution is 5.78. The minimum atomic E-state index is 0.00183. The van der Waals surface area contributed by atoms with Gasteiger partial charge in [-0.25, -0.2) is 0 Å². The Balaban J connectivity index is 1.53. The molecule has 1 amide bonds. The maximum absolute atomic E-state index is 12.2. The van der Waals surface area contributed by atoms with Crippen molar-refractivity contribution in [2.45, 2.75) is 38.8 Å². The van der Waals surface area contributed by atoms with Crippen molar-refractivity contribution in [1.82, 2.24) is 5.32 Å². The predicted octanol–water partition coefficient (Wildman–Crippen LogP) is 3.42. The van der Waals surface area contributed by atoms with Crippen molar-refractivity contribution in [2.24, 2.45) is 0 Å². The highest BCUT2D eigenvalue weighted by Crippen LogP contribution is 2.29. The van der Waals surface area contributed by atoms with Gasteiger partial charge in [0.15, 0.2) is 11.5 Å². The van der Waals surface area contributed by atoms with Crippen LogP contribution in [0, 0.1) is 6.92 Å². The number of benzene rings is 2. The predicted molar refractivity (Wildman–Crippen MR) is 104 cm³/mol. The number of carbonyl (C=O) groups is 1. The molecule has 1 saturated heterocycles. The van der Waals surface area contributed by atoms with Gasteiger partial charge in [-0.15, -0.1) is 0 Å². The Labute approximate surface area is 160 Å². The first-order valence-corrected chi connectivity index (χ1v) is 9.38. The minimum absolute atomic E-state index is 0.00183. The molecule has 2 aromatic rings. The molecule has 0 aliphatic carbocycles. The summed E-state index contributed by atoms with van der Waals surface area (Å²) in [4.78, 5) is 12.2. The lowest BCUT2D eigenvalue weighted by molar-refractivity contribution is -0.120. The molecule has 2 aromatic carbocycles. The summed E-state index contributed by atoms with van der Waals surface area (Å²) in [6, 6.07) is 13.7. The van der Waals surface area contributed by atoms with Crippen LogP contribution in [-0.2, 0) is 22.5 Å². The number of aryl methyl sites for hydroxylation is 1. The van der Waals surface area contributed by atoms with Gasteiger partial charge >= 0.3 is 0 Å². The Morgan fingerprint density at radius 1 is 1.22 bits per heavy atom. The number of ether oxygens (including phenoxy) is 3. The number of amides is 1. The van der Waals surface area contributed by atoms with E-state index in [0.29, 0.717) is 31.1 Å². The van der Waals surface area contributed by atoms with Crippen LogP contribution in [0.15, 0.2) is 42.5 Å². The summed E-state index contributed by atoms with van der Waals surface area (Å²) >= 11 is 0. The summed E-state index contributed by atoms with van der Waals surface area (Å²) < 4.78 is 16.9. The van der Waals surface area contributed by atoms with Crippen molar-refractivity contribution < 1.29 is 19.0 Å². The van der Waals surface area contributed by atoms with Gasteiger partial charge in [-0.1, -0.05) is 30.3 Å². The highest BCUT2D eigenvalue weighted by atomic mass is 16.5. The number of rotatable bonds is 8. The molecule has 27 heavy (non-hydrogen) atoms. The van der Waals surface area contributed by atoms with Gasteiger partial charge in [-0.3, -0.25) is 4.79 Å². The molecule has 1 heterocycles. The topological polar surface area (TPSA) is 56.8 Å². The smallest absolute Gasteiger partial charge is 0.224 e. The average molecular weight is 369 g/mol. The zero-order valence-corrected chi connectivity index (χ0v) is 16.0. The van der Waals surface area contributed by atoms with E-state index in [-0.39, 0.29) is 12.0 Å². The molecule has 0 saturated carbocycles. The summed E-state index contributed by atoms with van der Waals surface area (Å²) in [5.74, 6) is 1.36. The Kier molecular flexibility index (Phi) is 6.71. The second kappa shape index (κ2) is 9.42. The van der Waals surface area contributed by atoms with Crippen LogP contribution < -0.4 is 14.8 Å². The Hall–Kier alpha value is -2.53. The van der Waals surface area contributed by atoms with Gasteiger partial charge in [-0.05, 0) is 48.6 Å². The molecule has 5 heteroatoms. The molecule has 144 valence electrons. The third-order valence-electron chi connectivity index (χ3n) is 4.78. The fourth-order valence-corrected chi connectivity index (χ4v) is 3.14. The van der Waals surface area contributed by atoms with Gasteiger partial charge in [0.1, 0.15) is 6.61 Å². The maximum atomic E-state index is 12.2. The zero-order valence-electron chi connectivity index (χ0n) is 16.0. The fraction of sp³-hybridized carbons (Fsp3) is 0.409. The third-order valence-corrected chi connectivity index (χ3v) is 4.78. The van der Waals surface area contributed by atoms with E-state index in [9.17, 15) is 4.79 Å². The molecule has 1 aliphatic rings. The van der Waals surface area contributed by atoms with Crippen LogP contribution in [0.3, 0.4) is 0 Å². The van der Waals surface area contributed by atoms with Gasteiger partial charge in [0.25, 0.3) is 0 Å². The molecule has 0 bridgehead atoms. The molecule has 0 unspecified atom stereocenters. The summed E-state index contributed by atoms with van der Waals surface area (Å²) in [5, 5.41) is 2.97. The van der Waals surface area contributed by atoms with Gasteiger partial charge in [0.2, 0.25) is 5.91 Å². The third kappa shape index (κ3) is 5.47. The molecule has 0 aromatic heterocycles. The van der Waals surface area contributed by atoms with Crippen LogP contribution in [0.5, 0.6) is 11.5 Å². The van der Waals surface area contributed by atoms with Gasteiger partial charge in [0.05, 0.1) is 19.6 Å².